The normalized spacial score (nSPS) is 25.3. The van der Waals surface area contributed by atoms with E-state index in [9.17, 15) is 8.42 Å². The Kier molecular flexibility index (Phi) is 6.44. The molecule has 2 atom stereocenters. The zero-order valence-electron chi connectivity index (χ0n) is 10.9. The summed E-state index contributed by atoms with van der Waals surface area (Å²) in [4.78, 5) is 0. The van der Waals surface area contributed by atoms with Gasteiger partial charge in [0.25, 0.3) is 0 Å². The highest BCUT2D eigenvalue weighted by Gasteiger charge is 2.26. The summed E-state index contributed by atoms with van der Waals surface area (Å²) in [5, 5.41) is 3.29. The molecule has 0 aromatic heterocycles. The monoisotopic (exact) mass is 263 g/mol. The molecule has 0 saturated heterocycles. The first-order valence-electron chi connectivity index (χ1n) is 6.45. The second-order valence-corrected chi connectivity index (χ2v) is 7.18. The quantitative estimate of drug-likeness (QED) is 0.669. The van der Waals surface area contributed by atoms with Crippen molar-refractivity contribution in [1.29, 1.82) is 0 Å². The summed E-state index contributed by atoms with van der Waals surface area (Å²) in [5.41, 5.74) is 0. The van der Waals surface area contributed by atoms with Crippen LogP contribution in [-0.4, -0.2) is 46.7 Å². The number of rotatable bonds is 8. The van der Waals surface area contributed by atoms with Crippen LogP contribution in [0.3, 0.4) is 0 Å². The van der Waals surface area contributed by atoms with Crippen LogP contribution in [0.2, 0.25) is 0 Å². The van der Waals surface area contributed by atoms with Crippen molar-refractivity contribution in [2.24, 2.45) is 5.92 Å². The topological polar surface area (TPSA) is 55.4 Å². The molecule has 17 heavy (non-hydrogen) atoms. The van der Waals surface area contributed by atoms with E-state index in [1.165, 1.54) is 19.3 Å². The molecule has 0 heterocycles. The van der Waals surface area contributed by atoms with Crippen LogP contribution in [0.1, 0.15) is 32.1 Å². The van der Waals surface area contributed by atoms with E-state index in [0.29, 0.717) is 30.7 Å². The molecule has 0 aromatic rings. The lowest BCUT2D eigenvalue weighted by Gasteiger charge is -2.18. The molecule has 1 saturated carbocycles. The Labute approximate surface area is 105 Å². The van der Waals surface area contributed by atoms with Crippen molar-refractivity contribution in [1.82, 2.24) is 5.32 Å². The SMILES string of the molecule is CNC1CCCC1CCS(=O)(=O)CCCOC. The van der Waals surface area contributed by atoms with Crippen LogP contribution in [0, 0.1) is 5.92 Å². The lowest BCUT2D eigenvalue weighted by Crippen LogP contribution is -2.30. The highest BCUT2D eigenvalue weighted by atomic mass is 32.2. The zero-order chi connectivity index (χ0) is 12.7. The van der Waals surface area contributed by atoms with Gasteiger partial charge in [-0.25, -0.2) is 8.42 Å². The molecule has 2 unspecified atom stereocenters. The number of methoxy groups -OCH3 is 1. The second-order valence-electron chi connectivity index (χ2n) is 4.87. The first-order valence-corrected chi connectivity index (χ1v) is 8.28. The van der Waals surface area contributed by atoms with Crippen molar-refractivity contribution >= 4 is 9.84 Å². The Bertz CT molecular complexity index is 303. The van der Waals surface area contributed by atoms with Gasteiger partial charge >= 0.3 is 0 Å². The smallest absolute Gasteiger partial charge is 0.150 e. The van der Waals surface area contributed by atoms with Crippen molar-refractivity contribution < 1.29 is 13.2 Å². The lowest BCUT2D eigenvalue weighted by molar-refractivity contribution is 0.199. The summed E-state index contributed by atoms with van der Waals surface area (Å²) in [5.74, 6) is 1.13. The van der Waals surface area contributed by atoms with Gasteiger partial charge in [-0.15, -0.1) is 0 Å². The summed E-state index contributed by atoms with van der Waals surface area (Å²) in [6.07, 6.45) is 4.99. The molecule has 0 aromatic carbocycles. The highest BCUT2D eigenvalue weighted by Crippen LogP contribution is 2.28. The standard InChI is InChI=1S/C12H25NO3S/c1-13-12-6-3-5-11(12)7-10-17(14,15)9-4-8-16-2/h11-13H,3-10H2,1-2H3. The van der Waals surface area contributed by atoms with Crippen LogP contribution < -0.4 is 5.32 Å². The van der Waals surface area contributed by atoms with Crippen molar-refractivity contribution in [3.05, 3.63) is 0 Å². The Hall–Kier alpha value is -0.130. The summed E-state index contributed by atoms with van der Waals surface area (Å²) in [6.45, 7) is 0.530. The third-order valence-electron chi connectivity index (χ3n) is 3.63. The number of ether oxygens (including phenoxy) is 1. The maximum Gasteiger partial charge on any atom is 0.150 e. The first kappa shape index (κ1) is 14.9. The molecule has 5 heteroatoms. The predicted octanol–water partition coefficient (Wildman–Crippen LogP) is 1.22. The Morgan fingerprint density at radius 1 is 1.29 bits per heavy atom. The summed E-state index contributed by atoms with van der Waals surface area (Å²) < 4.78 is 28.4. The number of nitrogens with one attached hydrogen (secondary N) is 1. The van der Waals surface area contributed by atoms with Gasteiger partial charge in [0.1, 0.15) is 9.84 Å². The van der Waals surface area contributed by atoms with E-state index in [0.717, 1.165) is 6.42 Å². The molecular weight excluding hydrogens is 238 g/mol. The zero-order valence-corrected chi connectivity index (χ0v) is 11.8. The minimum Gasteiger partial charge on any atom is -0.385 e. The van der Waals surface area contributed by atoms with Crippen LogP contribution in [0.4, 0.5) is 0 Å². The average molecular weight is 263 g/mol. The van der Waals surface area contributed by atoms with Gasteiger partial charge in [0.15, 0.2) is 0 Å². The van der Waals surface area contributed by atoms with E-state index in [1.807, 2.05) is 7.05 Å². The van der Waals surface area contributed by atoms with E-state index in [-0.39, 0.29) is 5.75 Å². The van der Waals surface area contributed by atoms with E-state index in [2.05, 4.69) is 5.32 Å². The maximum atomic E-state index is 11.8. The second kappa shape index (κ2) is 7.34. The molecule has 0 radical (unpaired) electrons. The van der Waals surface area contributed by atoms with Gasteiger partial charge in [0.2, 0.25) is 0 Å². The Balaban J connectivity index is 2.28. The minimum atomic E-state index is -2.88. The fraction of sp³-hybridized carbons (Fsp3) is 1.00. The molecular formula is C12H25NO3S. The van der Waals surface area contributed by atoms with Crippen LogP contribution in [0.5, 0.6) is 0 Å². The van der Waals surface area contributed by atoms with Crippen molar-refractivity contribution in [2.75, 3.05) is 32.3 Å². The summed E-state index contributed by atoms with van der Waals surface area (Å²) in [7, 11) is 0.687. The Morgan fingerprint density at radius 2 is 2.06 bits per heavy atom. The molecule has 0 bridgehead atoms. The number of hydrogen-bond donors (Lipinski definition) is 1. The van der Waals surface area contributed by atoms with Gasteiger partial charge < -0.3 is 10.1 Å². The van der Waals surface area contributed by atoms with Gasteiger partial charge in [-0.05, 0) is 38.6 Å². The minimum absolute atomic E-state index is 0.262. The lowest BCUT2D eigenvalue weighted by atomic mass is 10.0. The summed E-state index contributed by atoms with van der Waals surface area (Å²) >= 11 is 0. The molecule has 0 aliphatic heterocycles. The first-order chi connectivity index (χ1) is 8.09. The molecule has 1 N–H and O–H groups in total. The molecule has 1 rings (SSSR count). The van der Waals surface area contributed by atoms with Crippen molar-refractivity contribution in [2.45, 2.75) is 38.1 Å². The molecule has 1 fully saturated rings. The molecule has 0 spiro atoms. The highest BCUT2D eigenvalue weighted by molar-refractivity contribution is 7.91. The van der Waals surface area contributed by atoms with Gasteiger partial charge in [-0.3, -0.25) is 0 Å². The fourth-order valence-corrected chi connectivity index (χ4v) is 4.04. The van der Waals surface area contributed by atoms with E-state index in [1.54, 1.807) is 7.11 Å². The van der Waals surface area contributed by atoms with Gasteiger partial charge in [-0.2, -0.15) is 0 Å². The van der Waals surface area contributed by atoms with Crippen LogP contribution >= 0.6 is 0 Å². The molecule has 1 aliphatic carbocycles. The van der Waals surface area contributed by atoms with E-state index in [4.69, 9.17) is 4.74 Å². The van der Waals surface area contributed by atoms with Gasteiger partial charge in [0.05, 0.1) is 11.5 Å². The fourth-order valence-electron chi connectivity index (χ4n) is 2.62. The largest absolute Gasteiger partial charge is 0.385 e. The number of sulfone groups is 1. The van der Waals surface area contributed by atoms with E-state index >= 15 is 0 Å². The van der Waals surface area contributed by atoms with Crippen LogP contribution in [0.25, 0.3) is 0 Å². The molecule has 1 aliphatic rings. The Morgan fingerprint density at radius 3 is 2.71 bits per heavy atom. The molecule has 0 amide bonds. The van der Waals surface area contributed by atoms with Crippen molar-refractivity contribution in [3.8, 4) is 0 Å². The summed E-state index contributed by atoms with van der Waals surface area (Å²) in [6, 6.07) is 0.518. The average Bonchev–Trinajstić information content (AvgIpc) is 2.74. The van der Waals surface area contributed by atoms with Crippen LogP contribution in [-0.2, 0) is 14.6 Å². The van der Waals surface area contributed by atoms with Gasteiger partial charge in [0, 0.05) is 19.8 Å². The van der Waals surface area contributed by atoms with E-state index < -0.39 is 9.84 Å². The predicted molar refractivity (Wildman–Crippen MR) is 70.0 cm³/mol. The van der Waals surface area contributed by atoms with Crippen molar-refractivity contribution in [3.63, 3.8) is 0 Å². The number of hydrogen-bond acceptors (Lipinski definition) is 4. The molecule has 102 valence electrons. The third-order valence-corrected chi connectivity index (χ3v) is 5.40. The van der Waals surface area contributed by atoms with Gasteiger partial charge in [-0.1, -0.05) is 6.42 Å². The maximum absolute atomic E-state index is 11.8. The third kappa shape index (κ3) is 5.36. The van der Waals surface area contributed by atoms with Crippen LogP contribution in [0.15, 0.2) is 0 Å². The molecule has 4 nitrogen and oxygen atoms in total.